The Morgan fingerprint density at radius 1 is 1.16 bits per heavy atom. The van der Waals surface area contributed by atoms with E-state index in [0.717, 1.165) is 11.1 Å². The molecule has 0 fully saturated rings. The van der Waals surface area contributed by atoms with Crippen LogP contribution >= 0.6 is 0 Å². The smallest absolute Gasteiger partial charge is 0.143 e. The van der Waals surface area contributed by atoms with Crippen molar-refractivity contribution < 1.29 is 14.6 Å². The first kappa shape index (κ1) is 13.5. The van der Waals surface area contributed by atoms with Crippen molar-refractivity contribution in [2.24, 2.45) is 0 Å². The van der Waals surface area contributed by atoms with Crippen LogP contribution in [0.25, 0.3) is 0 Å². The van der Waals surface area contributed by atoms with Crippen molar-refractivity contribution in [3.8, 4) is 5.75 Å². The predicted molar refractivity (Wildman–Crippen MR) is 72.0 cm³/mol. The summed E-state index contributed by atoms with van der Waals surface area (Å²) in [4.78, 5) is 4.18. The average molecular weight is 259 g/mol. The minimum Gasteiger partial charge on any atom is -0.495 e. The van der Waals surface area contributed by atoms with Crippen LogP contribution in [0.3, 0.4) is 0 Å². The van der Waals surface area contributed by atoms with Gasteiger partial charge in [-0.25, -0.2) is 0 Å². The molecule has 0 bridgehead atoms. The van der Waals surface area contributed by atoms with Gasteiger partial charge in [0.25, 0.3) is 0 Å². The quantitative estimate of drug-likeness (QED) is 0.895. The van der Waals surface area contributed by atoms with Gasteiger partial charge in [-0.2, -0.15) is 0 Å². The van der Waals surface area contributed by atoms with Crippen LogP contribution in [0, 0.1) is 0 Å². The van der Waals surface area contributed by atoms with E-state index in [4.69, 9.17) is 9.47 Å². The molecule has 1 heterocycles. The normalized spacial score (nSPS) is 12.2. The monoisotopic (exact) mass is 259 g/mol. The lowest BCUT2D eigenvalue weighted by atomic mass is 10.0. The Kier molecular flexibility index (Phi) is 4.49. The Labute approximate surface area is 112 Å². The van der Waals surface area contributed by atoms with E-state index in [-0.39, 0.29) is 0 Å². The Morgan fingerprint density at radius 3 is 2.53 bits per heavy atom. The van der Waals surface area contributed by atoms with Crippen LogP contribution in [0.5, 0.6) is 5.75 Å². The van der Waals surface area contributed by atoms with Crippen LogP contribution < -0.4 is 4.74 Å². The number of ether oxygens (including phenoxy) is 2. The molecule has 1 unspecified atom stereocenters. The number of rotatable bonds is 5. The molecule has 0 radical (unpaired) electrons. The number of pyridine rings is 1. The lowest BCUT2D eigenvalue weighted by Gasteiger charge is -2.14. The highest BCUT2D eigenvalue weighted by molar-refractivity contribution is 5.36. The standard InChI is InChI=1S/C15H17NO3/c1-18-10-11-5-7-12(8-6-11)15(17)14-13(19-2)4-3-9-16-14/h3-9,15,17H,10H2,1-2H3. The molecule has 4 nitrogen and oxygen atoms in total. The number of nitrogens with zero attached hydrogens (tertiary/aromatic N) is 1. The highest BCUT2D eigenvalue weighted by atomic mass is 16.5. The minimum absolute atomic E-state index is 0.518. The molecule has 1 N–H and O–H groups in total. The van der Waals surface area contributed by atoms with Crippen LogP contribution in [0.1, 0.15) is 22.9 Å². The number of benzene rings is 1. The van der Waals surface area contributed by atoms with Gasteiger partial charge in [0, 0.05) is 13.3 Å². The number of aliphatic hydroxyl groups is 1. The summed E-state index contributed by atoms with van der Waals surface area (Å²) < 4.78 is 10.3. The lowest BCUT2D eigenvalue weighted by Crippen LogP contribution is -2.05. The van der Waals surface area contributed by atoms with E-state index in [0.29, 0.717) is 18.1 Å². The van der Waals surface area contributed by atoms with Crippen LogP contribution in [-0.4, -0.2) is 24.3 Å². The lowest BCUT2D eigenvalue weighted by molar-refractivity contribution is 0.184. The molecule has 1 aromatic heterocycles. The molecule has 4 heteroatoms. The van der Waals surface area contributed by atoms with E-state index in [9.17, 15) is 5.11 Å². The van der Waals surface area contributed by atoms with Crippen LogP contribution in [0.4, 0.5) is 0 Å². The van der Waals surface area contributed by atoms with Gasteiger partial charge in [0.1, 0.15) is 17.5 Å². The summed E-state index contributed by atoms with van der Waals surface area (Å²) in [6.07, 6.45) is 0.841. The molecule has 100 valence electrons. The molecule has 0 saturated heterocycles. The first-order chi connectivity index (χ1) is 9.26. The summed E-state index contributed by atoms with van der Waals surface area (Å²) in [5.74, 6) is 0.580. The second kappa shape index (κ2) is 6.31. The van der Waals surface area contributed by atoms with Crippen molar-refractivity contribution in [1.82, 2.24) is 4.98 Å². The van der Waals surface area contributed by atoms with E-state index >= 15 is 0 Å². The summed E-state index contributed by atoms with van der Waals surface area (Å²) in [5.41, 5.74) is 2.35. The van der Waals surface area contributed by atoms with Gasteiger partial charge in [-0.3, -0.25) is 4.98 Å². The number of methoxy groups -OCH3 is 2. The van der Waals surface area contributed by atoms with Crippen molar-refractivity contribution >= 4 is 0 Å². The molecule has 2 rings (SSSR count). The molecule has 0 spiro atoms. The Hall–Kier alpha value is -1.91. The van der Waals surface area contributed by atoms with Gasteiger partial charge < -0.3 is 14.6 Å². The van der Waals surface area contributed by atoms with Gasteiger partial charge in [-0.15, -0.1) is 0 Å². The van der Waals surface area contributed by atoms with Crippen molar-refractivity contribution in [3.63, 3.8) is 0 Å². The SMILES string of the molecule is COCc1ccc(C(O)c2ncccc2OC)cc1. The molecule has 1 aromatic carbocycles. The van der Waals surface area contributed by atoms with E-state index in [2.05, 4.69) is 4.98 Å². The van der Waals surface area contributed by atoms with E-state index in [1.165, 1.54) is 0 Å². The maximum absolute atomic E-state index is 10.4. The molecular weight excluding hydrogens is 242 g/mol. The molecule has 0 aliphatic carbocycles. The van der Waals surface area contributed by atoms with Crippen LogP contribution in [0.2, 0.25) is 0 Å². The number of aliphatic hydroxyl groups excluding tert-OH is 1. The van der Waals surface area contributed by atoms with E-state index < -0.39 is 6.10 Å². The van der Waals surface area contributed by atoms with Crippen molar-refractivity contribution in [2.75, 3.05) is 14.2 Å². The second-order valence-corrected chi connectivity index (χ2v) is 4.17. The van der Waals surface area contributed by atoms with Crippen molar-refractivity contribution in [1.29, 1.82) is 0 Å². The fourth-order valence-corrected chi connectivity index (χ4v) is 1.90. The molecule has 19 heavy (non-hydrogen) atoms. The molecule has 2 aromatic rings. The Morgan fingerprint density at radius 2 is 1.89 bits per heavy atom. The molecule has 0 aliphatic rings. The maximum atomic E-state index is 10.4. The van der Waals surface area contributed by atoms with Gasteiger partial charge >= 0.3 is 0 Å². The highest BCUT2D eigenvalue weighted by Gasteiger charge is 2.16. The summed E-state index contributed by atoms with van der Waals surface area (Å²) in [5, 5.41) is 10.4. The average Bonchev–Trinajstić information content (AvgIpc) is 2.47. The van der Waals surface area contributed by atoms with Gasteiger partial charge in [0.05, 0.1) is 13.7 Å². The summed E-state index contributed by atoms with van der Waals surface area (Å²) in [7, 11) is 3.22. The molecular formula is C15H17NO3. The first-order valence-corrected chi connectivity index (χ1v) is 6.01. The van der Waals surface area contributed by atoms with E-state index in [1.807, 2.05) is 24.3 Å². The van der Waals surface area contributed by atoms with Crippen molar-refractivity contribution in [2.45, 2.75) is 12.7 Å². The third-order valence-electron chi connectivity index (χ3n) is 2.89. The summed E-state index contributed by atoms with van der Waals surface area (Å²) in [6.45, 7) is 0.559. The first-order valence-electron chi connectivity index (χ1n) is 6.01. The van der Waals surface area contributed by atoms with E-state index in [1.54, 1.807) is 32.5 Å². The molecule has 1 atom stereocenters. The predicted octanol–water partition coefficient (Wildman–Crippen LogP) is 2.32. The van der Waals surface area contributed by atoms with Crippen molar-refractivity contribution in [3.05, 3.63) is 59.4 Å². The topological polar surface area (TPSA) is 51.6 Å². The fourth-order valence-electron chi connectivity index (χ4n) is 1.90. The van der Waals surface area contributed by atoms with Gasteiger partial charge in [-0.1, -0.05) is 24.3 Å². The summed E-state index contributed by atoms with van der Waals surface area (Å²) in [6, 6.07) is 11.1. The highest BCUT2D eigenvalue weighted by Crippen LogP contribution is 2.27. The number of hydrogen-bond acceptors (Lipinski definition) is 4. The molecule has 0 amide bonds. The third-order valence-corrected chi connectivity index (χ3v) is 2.89. The zero-order valence-electron chi connectivity index (χ0n) is 11.0. The number of hydrogen-bond donors (Lipinski definition) is 1. The zero-order chi connectivity index (χ0) is 13.7. The molecule has 0 saturated carbocycles. The molecule has 0 aliphatic heterocycles. The van der Waals surface area contributed by atoms with Gasteiger partial charge in [0.2, 0.25) is 0 Å². The third kappa shape index (κ3) is 3.10. The zero-order valence-corrected chi connectivity index (χ0v) is 11.0. The van der Waals surface area contributed by atoms with Gasteiger partial charge in [0.15, 0.2) is 0 Å². The minimum atomic E-state index is -0.798. The maximum Gasteiger partial charge on any atom is 0.143 e. The number of aromatic nitrogens is 1. The Balaban J connectivity index is 2.25. The largest absolute Gasteiger partial charge is 0.495 e. The fraction of sp³-hybridized carbons (Fsp3) is 0.267. The summed E-state index contributed by atoms with van der Waals surface area (Å²) >= 11 is 0. The Bertz CT molecular complexity index is 525. The van der Waals surface area contributed by atoms with Gasteiger partial charge in [-0.05, 0) is 23.3 Å². The second-order valence-electron chi connectivity index (χ2n) is 4.17. The van der Waals surface area contributed by atoms with Crippen LogP contribution in [-0.2, 0) is 11.3 Å². The van der Waals surface area contributed by atoms with Crippen LogP contribution in [0.15, 0.2) is 42.6 Å².